The van der Waals surface area contributed by atoms with Crippen LogP contribution in [0, 0.1) is 17.8 Å². The highest BCUT2D eigenvalue weighted by Gasteiger charge is 2.44. The fourth-order valence-electron chi connectivity index (χ4n) is 3.82. The zero-order chi connectivity index (χ0) is 18.2. The van der Waals surface area contributed by atoms with Gasteiger partial charge in [-0.25, -0.2) is 0 Å². The molecule has 24 heavy (non-hydrogen) atoms. The summed E-state index contributed by atoms with van der Waals surface area (Å²) < 4.78 is 6.83. The Labute approximate surface area is 153 Å². The van der Waals surface area contributed by atoms with Crippen LogP contribution in [0.3, 0.4) is 0 Å². The number of hydrogen-bond acceptors (Lipinski definition) is 1. The first-order chi connectivity index (χ1) is 10.9. The summed E-state index contributed by atoms with van der Waals surface area (Å²) in [6.45, 7) is 19.2. The molecule has 0 N–H and O–H groups in total. The Kier molecular flexibility index (Phi) is 6.09. The molecule has 2 aliphatic rings. The van der Waals surface area contributed by atoms with Gasteiger partial charge in [0, 0.05) is 8.07 Å². The molecular formula is C21H40OSi2. The van der Waals surface area contributed by atoms with Crippen molar-refractivity contribution >= 4 is 16.4 Å². The maximum absolute atomic E-state index is 6.83. The first-order valence-electron chi connectivity index (χ1n) is 9.90. The van der Waals surface area contributed by atoms with Crippen LogP contribution in [0.4, 0.5) is 0 Å². The second-order valence-corrected chi connectivity index (χ2v) is 21.1. The molecular weight excluding hydrogens is 324 g/mol. The molecule has 0 aromatic rings. The van der Waals surface area contributed by atoms with E-state index >= 15 is 0 Å². The van der Waals surface area contributed by atoms with Crippen molar-refractivity contribution in [1.82, 2.24) is 0 Å². The molecule has 0 spiro atoms. The molecule has 3 heteroatoms. The average molecular weight is 365 g/mol. The van der Waals surface area contributed by atoms with Crippen LogP contribution in [0.5, 0.6) is 0 Å². The van der Waals surface area contributed by atoms with Crippen molar-refractivity contribution in [2.45, 2.75) is 90.0 Å². The van der Waals surface area contributed by atoms with Crippen LogP contribution in [0.15, 0.2) is 24.3 Å². The largest absolute Gasteiger partial charge is 0.413 e. The average Bonchev–Trinajstić information content (AvgIpc) is 2.79. The highest BCUT2D eigenvalue weighted by atomic mass is 28.4. The Hall–Kier alpha value is -0.126. The molecule has 138 valence electrons. The van der Waals surface area contributed by atoms with Gasteiger partial charge in [-0.2, -0.15) is 0 Å². The van der Waals surface area contributed by atoms with Gasteiger partial charge in [0.05, 0.1) is 6.10 Å². The summed E-state index contributed by atoms with van der Waals surface area (Å²) in [6, 6.07) is 1.32. The van der Waals surface area contributed by atoms with Crippen molar-refractivity contribution in [3.8, 4) is 0 Å². The highest BCUT2D eigenvalue weighted by molar-refractivity contribution is 6.76. The molecule has 2 aliphatic carbocycles. The van der Waals surface area contributed by atoms with Crippen LogP contribution < -0.4 is 0 Å². The quantitative estimate of drug-likeness (QED) is 0.382. The van der Waals surface area contributed by atoms with Crippen molar-refractivity contribution in [2.75, 3.05) is 0 Å². The predicted octanol–water partition coefficient (Wildman–Crippen LogP) is 6.87. The summed E-state index contributed by atoms with van der Waals surface area (Å²) in [5.41, 5.74) is 0. The fraction of sp³-hybridized carbons (Fsp3) is 0.810. The molecule has 0 heterocycles. The third kappa shape index (κ3) is 5.18. The van der Waals surface area contributed by atoms with Gasteiger partial charge in [-0.15, -0.1) is 0 Å². The molecule has 1 nitrogen and oxygen atoms in total. The minimum atomic E-state index is -1.67. The van der Waals surface area contributed by atoms with Gasteiger partial charge >= 0.3 is 0 Å². The summed E-state index contributed by atoms with van der Waals surface area (Å²) in [5.74, 6) is 2.25. The lowest BCUT2D eigenvalue weighted by Crippen LogP contribution is -2.46. The Bertz CT molecular complexity index is 479. The summed E-state index contributed by atoms with van der Waals surface area (Å²) in [6.07, 6.45) is 14.2. The van der Waals surface area contributed by atoms with Crippen LogP contribution in [0.25, 0.3) is 0 Å². The van der Waals surface area contributed by atoms with Gasteiger partial charge in [0.2, 0.25) is 0 Å². The molecule has 0 amide bonds. The van der Waals surface area contributed by atoms with E-state index in [9.17, 15) is 0 Å². The van der Waals surface area contributed by atoms with E-state index in [0.29, 0.717) is 11.1 Å². The van der Waals surface area contributed by atoms with Gasteiger partial charge in [-0.1, -0.05) is 64.7 Å². The highest BCUT2D eigenvalue weighted by Crippen LogP contribution is 2.47. The van der Waals surface area contributed by atoms with Crippen LogP contribution in [-0.2, 0) is 4.43 Å². The molecule has 1 saturated carbocycles. The summed E-state index contributed by atoms with van der Waals surface area (Å²) in [7, 11) is -2.62. The Morgan fingerprint density at radius 3 is 2.33 bits per heavy atom. The maximum Gasteiger partial charge on any atom is 0.192 e. The Balaban J connectivity index is 2.00. The van der Waals surface area contributed by atoms with Gasteiger partial charge in [0.25, 0.3) is 0 Å². The van der Waals surface area contributed by atoms with Crippen molar-refractivity contribution in [3.05, 3.63) is 24.3 Å². The van der Waals surface area contributed by atoms with Gasteiger partial charge in [0.1, 0.15) is 0 Å². The minimum Gasteiger partial charge on any atom is -0.413 e. The molecule has 0 aliphatic heterocycles. The summed E-state index contributed by atoms with van der Waals surface area (Å²) in [4.78, 5) is 0. The zero-order valence-electron chi connectivity index (χ0n) is 17.4. The summed E-state index contributed by atoms with van der Waals surface area (Å²) >= 11 is 0. The standard InChI is InChI=1S/C21H40OSi2/c1-21(2,3)24(7,8)22-20-13-9-12-18-15-17(16-19(18)20)11-10-14-23(4,5)6/h9-12,17-20H,13-16H2,1-8H3/b11-10+/t17-,18-,19-,20+/m0/s1. The van der Waals surface area contributed by atoms with E-state index in [0.717, 1.165) is 24.2 Å². The SMILES string of the molecule is CC(C)(C)[Si](C)(C)O[C@@H]1CC=C[C@H]2C[C@H](/C=C/C[Si](C)(C)C)C[C@@H]21. The molecule has 4 atom stereocenters. The zero-order valence-corrected chi connectivity index (χ0v) is 19.4. The number of fused-ring (bicyclic) bond motifs is 1. The smallest absolute Gasteiger partial charge is 0.192 e. The molecule has 1 fully saturated rings. The van der Waals surface area contributed by atoms with E-state index in [1.165, 1.54) is 18.9 Å². The van der Waals surface area contributed by atoms with Crippen LogP contribution in [0.2, 0.25) is 43.8 Å². The van der Waals surface area contributed by atoms with E-state index in [1.807, 2.05) is 0 Å². The molecule has 0 bridgehead atoms. The van der Waals surface area contributed by atoms with Gasteiger partial charge in [-0.3, -0.25) is 0 Å². The first kappa shape index (κ1) is 20.2. The van der Waals surface area contributed by atoms with Crippen molar-refractivity contribution in [2.24, 2.45) is 17.8 Å². The fourth-order valence-corrected chi connectivity index (χ4v) is 6.04. The summed E-state index contributed by atoms with van der Waals surface area (Å²) in [5, 5.41) is 0.304. The van der Waals surface area contributed by atoms with Gasteiger partial charge in [0.15, 0.2) is 8.32 Å². The minimum absolute atomic E-state index is 0.304. The van der Waals surface area contributed by atoms with Gasteiger partial charge < -0.3 is 4.43 Å². The topological polar surface area (TPSA) is 9.23 Å². The predicted molar refractivity (Wildman–Crippen MR) is 113 cm³/mol. The molecule has 0 aromatic carbocycles. The van der Waals surface area contributed by atoms with Crippen molar-refractivity contribution in [3.63, 3.8) is 0 Å². The van der Waals surface area contributed by atoms with E-state index in [2.05, 4.69) is 77.8 Å². The van der Waals surface area contributed by atoms with E-state index in [4.69, 9.17) is 4.43 Å². The van der Waals surface area contributed by atoms with Crippen molar-refractivity contribution < 1.29 is 4.43 Å². The second kappa shape index (κ2) is 7.24. The van der Waals surface area contributed by atoms with Gasteiger partial charge in [-0.05, 0) is 61.2 Å². The molecule has 0 unspecified atom stereocenters. The monoisotopic (exact) mass is 364 g/mol. The van der Waals surface area contributed by atoms with E-state index < -0.39 is 16.4 Å². The lowest BCUT2D eigenvalue weighted by molar-refractivity contribution is 0.0999. The number of allylic oxidation sites excluding steroid dienone is 3. The maximum atomic E-state index is 6.83. The third-order valence-electron chi connectivity index (χ3n) is 6.32. The number of hydrogen-bond donors (Lipinski definition) is 0. The molecule has 2 rings (SSSR count). The van der Waals surface area contributed by atoms with Crippen LogP contribution in [0.1, 0.15) is 40.0 Å². The molecule has 0 aromatic heterocycles. The van der Waals surface area contributed by atoms with Crippen molar-refractivity contribution in [1.29, 1.82) is 0 Å². The second-order valence-electron chi connectivity index (χ2n) is 10.8. The first-order valence-corrected chi connectivity index (χ1v) is 16.5. The molecule has 0 saturated heterocycles. The Morgan fingerprint density at radius 2 is 1.75 bits per heavy atom. The van der Waals surface area contributed by atoms with E-state index in [-0.39, 0.29) is 0 Å². The van der Waals surface area contributed by atoms with E-state index in [1.54, 1.807) is 0 Å². The normalized spacial score (nSPS) is 31.7. The van der Waals surface area contributed by atoms with Crippen LogP contribution >= 0.6 is 0 Å². The Morgan fingerprint density at radius 1 is 1.08 bits per heavy atom. The third-order valence-corrected chi connectivity index (χ3v) is 12.3. The van der Waals surface area contributed by atoms with Crippen LogP contribution in [-0.4, -0.2) is 22.5 Å². The lowest BCUT2D eigenvalue weighted by Gasteiger charge is -2.42. The lowest BCUT2D eigenvalue weighted by atomic mass is 9.84. The molecule has 0 radical (unpaired) electrons. The number of rotatable bonds is 5.